The summed E-state index contributed by atoms with van der Waals surface area (Å²) in [6.45, 7) is 0. The summed E-state index contributed by atoms with van der Waals surface area (Å²) in [6.07, 6.45) is 0.712. The second kappa shape index (κ2) is 19.8. The Bertz CT molecular complexity index is 348. The van der Waals surface area contributed by atoms with Crippen LogP contribution >= 0.6 is 21.6 Å². The van der Waals surface area contributed by atoms with Crippen molar-refractivity contribution >= 4 is 160 Å². The van der Waals surface area contributed by atoms with Gasteiger partial charge in [0.1, 0.15) is 0 Å². The monoisotopic (exact) mass is 402 g/mol. The normalized spacial score (nSPS) is 10.3. The Morgan fingerprint density at radius 2 is 0.900 bits per heavy atom. The Morgan fingerprint density at radius 3 is 1.10 bits per heavy atom. The molecule has 20 heavy (non-hydrogen) atoms. The van der Waals surface area contributed by atoms with Crippen molar-refractivity contribution in [2.75, 3.05) is 23.0 Å². The molecule has 0 aliphatic rings. The van der Waals surface area contributed by atoms with Crippen molar-refractivity contribution in [1.29, 1.82) is 0 Å². The second-order valence-electron chi connectivity index (χ2n) is 2.92. The molecule has 0 saturated carbocycles. The summed E-state index contributed by atoms with van der Waals surface area (Å²) < 4.78 is 58.1. The Kier molecular flexibility index (Phi) is 35.3. The van der Waals surface area contributed by atoms with E-state index in [4.69, 9.17) is 9.11 Å². The molecule has 6 nitrogen and oxygen atoms in total. The minimum absolute atomic E-state index is 0. The van der Waals surface area contributed by atoms with E-state index < -0.39 is 20.2 Å². The summed E-state index contributed by atoms with van der Waals surface area (Å²) in [5.41, 5.74) is 0. The fourth-order valence-electron chi connectivity index (χ4n) is 0.718. The zero-order valence-electron chi connectivity index (χ0n) is 12.4. The van der Waals surface area contributed by atoms with Gasteiger partial charge >= 0.3 is 0 Å². The van der Waals surface area contributed by atoms with E-state index in [2.05, 4.69) is 0 Å². The smallest absolute Gasteiger partial charge is 0.264 e. The maximum Gasteiger partial charge on any atom is 0.264 e. The average Bonchev–Trinajstić information content (AvgIpc) is 2.06. The number of hydrogen-bond donors (Lipinski definition) is 2. The van der Waals surface area contributed by atoms with Crippen LogP contribution in [0.15, 0.2) is 0 Å². The maximum absolute atomic E-state index is 10.3. The molecular formula is C6H14Na4O6S4. The third-order valence-corrected chi connectivity index (χ3v) is 5.53. The van der Waals surface area contributed by atoms with Crippen molar-refractivity contribution in [3.05, 3.63) is 0 Å². The van der Waals surface area contributed by atoms with Crippen LogP contribution in [0.5, 0.6) is 0 Å². The first kappa shape index (κ1) is 35.6. The Hall–Kier alpha value is 4.52. The van der Waals surface area contributed by atoms with Crippen molar-refractivity contribution < 1.29 is 25.9 Å². The first-order valence-electron chi connectivity index (χ1n) is 4.35. The van der Waals surface area contributed by atoms with Crippen LogP contribution in [0, 0.1) is 0 Å². The maximum atomic E-state index is 10.3. The third-order valence-electron chi connectivity index (χ3n) is 1.34. The molecule has 0 aromatic carbocycles. The molecule has 0 amide bonds. The zero-order chi connectivity index (χ0) is 12.7. The molecular weight excluding hydrogens is 388 g/mol. The SMILES string of the molecule is O=S(=O)(O)CCCSSCCCS(=O)(=O)O.[Na].[Na].[Na].[Na]. The van der Waals surface area contributed by atoms with E-state index >= 15 is 0 Å². The molecule has 0 rings (SSSR count). The quantitative estimate of drug-likeness (QED) is 0.228. The van der Waals surface area contributed by atoms with E-state index in [1.165, 1.54) is 21.6 Å². The third kappa shape index (κ3) is 34.0. The zero-order valence-corrected chi connectivity index (χ0v) is 23.7. The molecule has 0 unspecified atom stereocenters. The fourth-order valence-corrected chi connectivity index (χ4v) is 4.28. The van der Waals surface area contributed by atoms with E-state index in [1.54, 1.807) is 0 Å². The minimum Gasteiger partial charge on any atom is -0.286 e. The van der Waals surface area contributed by atoms with E-state index in [-0.39, 0.29) is 130 Å². The van der Waals surface area contributed by atoms with Gasteiger partial charge in [-0.25, -0.2) is 0 Å². The van der Waals surface area contributed by atoms with Crippen molar-refractivity contribution in [2.24, 2.45) is 0 Å². The number of rotatable bonds is 9. The predicted molar refractivity (Wildman–Crippen MR) is 90.0 cm³/mol. The van der Waals surface area contributed by atoms with Crippen LogP contribution in [0.4, 0.5) is 0 Å². The van der Waals surface area contributed by atoms with E-state index in [9.17, 15) is 16.8 Å². The Labute approximate surface area is 217 Å². The van der Waals surface area contributed by atoms with E-state index in [0.717, 1.165) is 0 Å². The molecule has 14 heteroatoms. The molecule has 0 bridgehead atoms. The van der Waals surface area contributed by atoms with Gasteiger partial charge in [-0.3, -0.25) is 9.11 Å². The summed E-state index contributed by atoms with van der Waals surface area (Å²) in [6, 6.07) is 0. The van der Waals surface area contributed by atoms with Gasteiger partial charge in [-0.15, -0.1) is 0 Å². The fraction of sp³-hybridized carbons (Fsp3) is 1.00. The Morgan fingerprint density at radius 1 is 0.650 bits per heavy atom. The van der Waals surface area contributed by atoms with Crippen LogP contribution in [0.25, 0.3) is 0 Å². The van der Waals surface area contributed by atoms with Crippen LogP contribution in [0.1, 0.15) is 12.8 Å². The van der Waals surface area contributed by atoms with Gasteiger partial charge in [-0.2, -0.15) is 16.8 Å². The van der Waals surface area contributed by atoms with Crippen LogP contribution in [0.3, 0.4) is 0 Å². The van der Waals surface area contributed by atoms with Gasteiger partial charge in [0.25, 0.3) is 20.2 Å². The topological polar surface area (TPSA) is 109 Å². The van der Waals surface area contributed by atoms with Crippen LogP contribution < -0.4 is 0 Å². The molecule has 102 valence electrons. The molecule has 0 aromatic rings. The molecule has 0 aliphatic carbocycles. The minimum atomic E-state index is -3.88. The summed E-state index contributed by atoms with van der Waals surface area (Å²) in [7, 11) is -4.93. The molecule has 0 aliphatic heterocycles. The van der Waals surface area contributed by atoms with Gasteiger partial charge in [-0.1, -0.05) is 21.6 Å². The van der Waals surface area contributed by atoms with Gasteiger partial charge < -0.3 is 0 Å². The first-order chi connectivity index (χ1) is 7.21. The molecule has 0 aromatic heterocycles. The van der Waals surface area contributed by atoms with Crippen molar-refractivity contribution in [3.63, 3.8) is 0 Å². The van der Waals surface area contributed by atoms with Crippen molar-refractivity contribution in [1.82, 2.24) is 0 Å². The molecule has 2 N–H and O–H groups in total. The standard InChI is InChI=1S/C6H14O6S4.4Na/c7-15(8,9)5-1-3-13-14-4-2-6-16(10,11)12;;;;/h1-6H2,(H,7,8,9)(H,10,11,12);;;;. The summed E-state index contributed by atoms with van der Waals surface area (Å²) >= 11 is 0. The number of hydrogen-bond acceptors (Lipinski definition) is 6. The van der Waals surface area contributed by atoms with Crippen LogP contribution in [0.2, 0.25) is 0 Å². The summed E-state index contributed by atoms with van der Waals surface area (Å²) in [5.74, 6) is 0.615. The van der Waals surface area contributed by atoms with Gasteiger partial charge in [0.2, 0.25) is 0 Å². The molecule has 0 fully saturated rings. The summed E-state index contributed by atoms with van der Waals surface area (Å²) in [5, 5.41) is 0. The summed E-state index contributed by atoms with van der Waals surface area (Å²) in [4.78, 5) is 0. The molecule has 0 spiro atoms. The van der Waals surface area contributed by atoms with Gasteiger partial charge in [-0.05, 0) is 12.8 Å². The Balaban J connectivity index is -0.000000187. The van der Waals surface area contributed by atoms with Crippen LogP contribution in [-0.4, -0.2) is 167 Å². The van der Waals surface area contributed by atoms with Gasteiger partial charge in [0, 0.05) is 130 Å². The molecule has 0 saturated heterocycles. The first-order valence-corrected chi connectivity index (χ1v) is 10.1. The predicted octanol–water partition coefficient (Wildman–Crippen LogP) is -0.600. The van der Waals surface area contributed by atoms with E-state index in [0.29, 0.717) is 24.3 Å². The van der Waals surface area contributed by atoms with Gasteiger partial charge in [0.15, 0.2) is 0 Å². The molecule has 0 atom stereocenters. The molecule has 4 radical (unpaired) electrons. The average molecular weight is 402 g/mol. The molecule has 0 heterocycles. The van der Waals surface area contributed by atoms with Crippen molar-refractivity contribution in [3.8, 4) is 0 Å². The largest absolute Gasteiger partial charge is 0.286 e. The van der Waals surface area contributed by atoms with Gasteiger partial charge in [0.05, 0.1) is 11.5 Å². The second-order valence-corrected chi connectivity index (χ2v) is 8.77. The van der Waals surface area contributed by atoms with Crippen LogP contribution in [-0.2, 0) is 20.2 Å². The van der Waals surface area contributed by atoms with E-state index in [1.807, 2.05) is 0 Å². The van der Waals surface area contributed by atoms with Crippen molar-refractivity contribution in [2.45, 2.75) is 12.8 Å².